The van der Waals surface area contributed by atoms with Crippen LogP contribution in [0.1, 0.15) is 0 Å². The highest BCUT2D eigenvalue weighted by molar-refractivity contribution is 6.11. The van der Waals surface area contributed by atoms with Gasteiger partial charge in [-0.05, 0) is 64.7 Å². The molecule has 0 bridgehead atoms. The van der Waals surface area contributed by atoms with E-state index >= 15 is 0 Å². The van der Waals surface area contributed by atoms with Gasteiger partial charge < -0.3 is 8.98 Å². The van der Waals surface area contributed by atoms with Crippen molar-refractivity contribution >= 4 is 43.7 Å². The number of hydrogen-bond acceptors (Lipinski definition) is 3. The number of para-hydroxylation sites is 4. The van der Waals surface area contributed by atoms with Crippen molar-refractivity contribution < 1.29 is 4.42 Å². The Kier molecular flexibility index (Phi) is 7.46. The number of fused-ring (bicyclic) bond motifs is 6. The van der Waals surface area contributed by atoms with Gasteiger partial charge in [0.25, 0.3) is 0 Å². The first-order valence-electron chi connectivity index (χ1n) is 18.9. The maximum absolute atomic E-state index is 6.46. The molecule has 0 N–H and O–H groups in total. The van der Waals surface area contributed by atoms with Crippen LogP contribution in [-0.2, 0) is 0 Å². The van der Waals surface area contributed by atoms with Gasteiger partial charge in [-0.25, -0.2) is 9.97 Å². The maximum Gasteiger partial charge on any atom is 0.164 e. The lowest BCUT2D eigenvalue weighted by Crippen LogP contribution is -1.96. The van der Waals surface area contributed by atoms with Gasteiger partial charge in [0, 0.05) is 38.4 Å². The third-order valence-corrected chi connectivity index (χ3v) is 10.9. The molecule has 0 saturated carbocycles. The minimum Gasteiger partial charge on any atom is -0.455 e. The van der Waals surface area contributed by atoms with Crippen molar-refractivity contribution in [1.82, 2.24) is 14.5 Å². The van der Waals surface area contributed by atoms with Crippen molar-refractivity contribution in [3.8, 4) is 61.8 Å². The SMILES string of the molecule is c1ccc(-c2ccc(-c3cc(-c4ccc(-c5ccc6c7ccccc7n(-c7ccccc7)c6c5)cc4)nc(-c4cccc5c4oc4ccccc45)n3)cc2)cc1. The summed E-state index contributed by atoms with van der Waals surface area (Å²) in [5.74, 6) is 0.623. The summed E-state index contributed by atoms with van der Waals surface area (Å²) in [7, 11) is 0. The van der Waals surface area contributed by atoms with E-state index in [0.29, 0.717) is 5.82 Å². The maximum atomic E-state index is 6.46. The molecular formula is C52H33N3O. The van der Waals surface area contributed by atoms with E-state index in [1.165, 1.54) is 27.4 Å². The Balaban J connectivity index is 1.03. The smallest absolute Gasteiger partial charge is 0.164 e. The molecule has 0 radical (unpaired) electrons. The molecule has 0 aliphatic carbocycles. The molecule has 11 rings (SSSR count). The summed E-state index contributed by atoms with van der Waals surface area (Å²) in [6, 6.07) is 70.3. The average molecular weight is 716 g/mol. The van der Waals surface area contributed by atoms with Gasteiger partial charge in [0.1, 0.15) is 11.2 Å². The zero-order chi connectivity index (χ0) is 37.0. The van der Waals surface area contributed by atoms with Crippen LogP contribution < -0.4 is 0 Å². The summed E-state index contributed by atoms with van der Waals surface area (Å²) >= 11 is 0. The van der Waals surface area contributed by atoms with Crippen molar-refractivity contribution in [2.45, 2.75) is 0 Å². The van der Waals surface area contributed by atoms with Crippen LogP contribution in [0.2, 0.25) is 0 Å². The predicted octanol–water partition coefficient (Wildman–Crippen LogP) is 13.8. The van der Waals surface area contributed by atoms with Crippen LogP contribution in [0.4, 0.5) is 0 Å². The molecule has 3 aromatic heterocycles. The van der Waals surface area contributed by atoms with Crippen LogP contribution in [0.25, 0.3) is 106 Å². The number of aromatic nitrogens is 3. The van der Waals surface area contributed by atoms with Gasteiger partial charge in [-0.2, -0.15) is 0 Å². The topological polar surface area (TPSA) is 43.9 Å². The molecule has 262 valence electrons. The second kappa shape index (κ2) is 13.1. The Morgan fingerprint density at radius 2 is 0.893 bits per heavy atom. The molecule has 4 nitrogen and oxygen atoms in total. The molecule has 11 aromatic rings. The van der Waals surface area contributed by atoms with Crippen LogP contribution >= 0.6 is 0 Å². The molecule has 0 aliphatic heterocycles. The van der Waals surface area contributed by atoms with E-state index in [-0.39, 0.29) is 0 Å². The Morgan fingerprint density at radius 3 is 1.62 bits per heavy atom. The van der Waals surface area contributed by atoms with Crippen molar-refractivity contribution in [3.05, 3.63) is 200 Å². The highest BCUT2D eigenvalue weighted by atomic mass is 16.3. The minimum absolute atomic E-state index is 0.623. The molecule has 0 atom stereocenters. The molecule has 0 aliphatic rings. The van der Waals surface area contributed by atoms with E-state index in [9.17, 15) is 0 Å². The van der Waals surface area contributed by atoms with E-state index < -0.39 is 0 Å². The molecule has 8 aromatic carbocycles. The van der Waals surface area contributed by atoms with Gasteiger partial charge in [0.2, 0.25) is 0 Å². The Labute approximate surface area is 323 Å². The number of nitrogens with zero attached hydrogens (tertiary/aromatic N) is 3. The third kappa shape index (κ3) is 5.39. The highest BCUT2D eigenvalue weighted by Gasteiger charge is 2.18. The minimum atomic E-state index is 0.623. The molecule has 56 heavy (non-hydrogen) atoms. The number of furan rings is 1. The summed E-state index contributed by atoms with van der Waals surface area (Å²) in [5.41, 5.74) is 14.4. The first-order chi connectivity index (χ1) is 27.7. The fraction of sp³-hybridized carbons (Fsp3) is 0. The molecule has 4 heteroatoms. The molecule has 0 saturated heterocycles. The fourth-order valence-corrected chi connectivity index (χ4v) is 8.09. The normalized spacial score (nSPS) is 11.6. The van der Waals surface area contributed by atoms with Crippen LogP contribution in [-0.4, -0.2) is 14.5 Å². The Bertz CT molecular complexity index is 3220. The van der Waals surface area contributed by atoms with Gasteiger partial charge in [0.05, 0.1) is 28.0 Å². The van der Waals surface area contributed by atoms with Gasteiger partial charge in [-0.1, -0.05) is 158 Å². The van der Waals surface area contributed by atoms with E-state index in [1.807, 2.05) is 24.3 Å². The van der Waals surface area contributed by atoms with Gasteiger partial charge in [0.15, 0.2) is 5.82 Å². The van der Waals surface area contributed by atoms with Crippen molar-refractivity contribution in [2.75, 3.05) is 0 Å². The zero-order valence-electron chi connectivity index (χ0n) is 30.3. The van der Waals surface area contributed by atoms with Gasteiger partial charge in [-0.15, -0.1) is 0 Å². The van der Waals surface area contributed by atoms with Crippen LogP contribution in [0.5, 0.6) is 0 Å². The van der Waals surface area contributed by atoms with Gasteiger partial charge >= 0.3 is 0 Å². The highest BCUT2D eigenvalue weighted by Crippen LogP contribution is 2.38. The van der Waals surface area contributed by atoms with Crippen molar-refractivity contribution in [1.29, 1.82) is 0 Å². The van der Waals surface area contributed by atoms with E-state index in [4.69, 9.17) is 14.4 Å². The fourth-order valence-electron chi connectivity index (χ4n) is 8.09. The number of benzene rings is 8. The van der Waals surface area contributed by atoms with E-state index in [1.54, 1.807) is 0 Å². The third-order valence-electron chi connectivity index (χ3n) is 10.9. The first-order valence-corrected chi connectivity index (χ1v) is 18.9. The van der Waals surface area contributed by atoms with E-state index in [0.717, 1.165) is 72.4 Å². The average Bonchev–Trinajstić information content (AvgIpc) is 3.83. The second-order valence-corrected chi connectivity index (χ2v) is 14.2. The predicted molar refractivity (Wildman–Crippen MR) is 231 cm³/mol. The molecular weight excluding hydrogens is 683 g/mol. The monoisotopic (exact) mass is 715 g/mol. The lowest BCUT2D eigenvalue weighted by molar-refractivity contribution is 0.669. The van der Waals surface area contributed by atoms with Crippen molar-refractivity contribution in [2.24, 2.45) is 0 Å². The summed E-state index contributed by atoms with van der Waals surface area (Å²) in [4.78, 5) is 10.4. The molecule has 0 unspecified atom stereocenters. The molecule has 0 spiro atoms. The van der Waals surface area contributed by atoms with Crippen LogP contribution in [0.3, 0.4) is 0 Å². The molecule has 0 amide bonds. The van der Waals surface area contributed by atoms with Crippen molar-refractivity contribution in [3.63, 3.8) is 0 Å². The first kappa shape index (κ1) is 31.9. The number of hydrogen-bond donors (Lipinski definition) is 0. The number of rotatable bonds is 6. The lowest BCUT2D eigenvalue weighted by Gasteiger charge is -2.11. The van der Waals surface area contributed by atoms with Crippen LogP contribution in [0, 0.1) is 0 Å². The lowest BCUT2D eigenvalue weighted by atomic mass is 9.99. The summed E-state index contributed by atoms with van der Waals surface area (Å²) in [6.45, 7) is 0. The summed E-state index contributed by atoms with van der Waals surface area (Å²) < 4.78 is 8.83. The summed E-state index contributed by atoms with van der Waals surface area (Å²) in [6.07, 6.45) is 0. The quantitative estimate of drug-likeness (QED) is 0.172. The standard InChI is InChI=1S/C52H33N3O/c1-3-12-34(13-4-1)35-22-26-37(27-23-35)46-33-47(54-52(53-46)45-19-11-18-44-43-17-8-10-21-50(43)56-51(44)45)38-28-24-36(25-29-38)39-30-31-42-41-16-7-9-20-48(41)55(49(42)32-39)40-14-5-2-6-15-40/h1-33H. The molecule has 3 heterocycles. The van der Waals surface area contributed by atoms with Crippen LogP contribution in [0.15, 0.2) is 205 Å². The Hall–Kier alpha value is -7.56. The largest absolute Gasteiger partial charge is 0.455 e. The van der Waals surface area contributed by atoms with Gasteiger partial charge in [-0.3, -0.25) is 0 Å². The van der Waals surface area contributed by atoms with E-state index in [2.05, 4.69) is 180 Å². The summed E-state index contributed by atoms with van der Waals surface area (Å²) in [5, 5.41) is 4.61. The zero-order valence-corrected chi connectivity index (χ0v) is 30.3. The molecule has 0 fully saturated rings. The Morgan fingerprint density at radius 1 is 0.357 bits per heavy atom. The second-order valence-electron chi connectivity index (χ2n) is 14.2.